The standard InChI is InChI=1S/C35H43N2/c1-25(2)24-37-31-18-11-9-16-29(31)35(5,6)33(37)22-20-27-14-12-13-26(23-27)19-21-32-34(3,4)28-15-8-10-17-30(28)36(32)7/h8-11,15-23,25H,12-14,24H2,1-7H3/q+1. The van der Waals surface area contributed by atoms with Crippen molar-refractivity contribution in [2.75, 3.05) is 18.5 Å². The second-order valence-electron chi connectivity index (χ2n) is 12.4. The number of allylic oxidation sites excluding steroid dienone is 8. The van der Waals surface area contributed by atoms with Crippen LogP contribution in [0.15, 0.2) is 95.8 Å². The van der Waals surface area contributed by atoms with Gasteiger partial charge < -0.3 is 4.90 Å². The van der Waals surface area contributed by atoms with Gasteiger partial charge >= 0.3 is 0 Å². The fraction of sp³-hybridized carbons (Fsp3) is 0.400. The quantitative estimate of drug-likeness (QED) is 0.379. The summed E-state index contributed by atoms with van der Waals surface area (Å²) in [7, 11) is 2.20. The Bertz CT molecular complexity index is 1360. The van der Waals surface area contributed by atoms with Crippen LogP contribution >= 0.6 is 0 Å². The number of anilines is 1. The van der Waals surface area contributed by atoms with Crippen molar-refractivity contribution in [1.82, 2.24) is 0 Å². The van der Waals surface area contributed by atoms with Gasteiger partial charge in [0.15, 0.2) is 5.71 Å². The van der Waals surface area contributed by atoms with Crippen LogP contribution in [0.2, 0.25) is 0 Å². The van der Waals surface area contributed by atoms with Gasteiger partial charge in [-0.05, 0) is 67.9 Å². The Balaban J connectivity index is 1.43. The molecule has 2 aromatic carbocycles. The highest BCUT2D eigenvalue weighted by Crippen LogP contribution is 2.48. The van der Waals surface area contributed by atoms with Crippen LogP contribution < -0.4 is 4.90 Å². The zero-order valence-corrected chi connectivity index (χ0v) is 23.8. The van der Waals surface area contributed by atoms with Gasteiger partial charge in [0.05, 0.1) is 5.41 Å². The molecule has 0 atom stereocenters. The molecule has 2 nitrogen and oxygen atoms in total. The predicted octanol–water partition coefficient (Wildman–Crippen LogP) is 8.62. The number of nitrogens with zero attached hydrogens (tertiary/aromatic N) is 2. The van der Waals surface area contributed by atoms with Crippen molar-refractivity contribution in [2.24, 2.45) is 5.92 Å². The highest BCUT2D eigenvalue weighted by Gasteiger charge is 2.42. The number of para-hydroxylation sites is 2. The first-order chi connectivity index (χ1) is 17.6. The van der Waals surface area contributed by atoms with E-state index in [1.54, 1.807) is 0 Å². The summed E-state index contributed by atoms with van der Waals surface area (Å²) in [4.78, 5) is 2.55. The lowest BCUT2D eigenvalue weighted by molar-refractivity contribution is -0.401. The maximum Gasteiger partial charge on any atom is 0.209 e. The van der Waals surface area contributed by atoms with E-state index in [1.165, 1.54) is 51.5 Å². The fourth-order valence-electron chi connectivity index (χ4n) is 6.52. The van der Waals surface area contributed by atoms with E-state index in [9.17, 15) is 0 Å². The smallest absolute Gasteiger partial charge is 0.209 e. The van der Waals surface area contributed by atoms with E-state index < -0.39 is 0 Å². The van der Waals surface area contributed by atoms with Crippen LogP contribution in [0.5, 0.6) is 0 Å². The maximum absolute atomic E-state index is 2.55. The molecular formula is C35H43N2+. The third kappa shape index (κ3) is 4.56. The van der Waals surface area contributed by atoms with Gasteiger partial charge in [-0.2, -0.15) is 4.58 Å². The monoisotopic (exact) mass is 491 g/mol. The molecule has 0 aromatic heterocycles. The molecule has 5 rings (SSSR count). The Morgan fingerprint density at radius 3 is 2.30 bits per heavy atom. The summed E-state index contributed by atoms with van der Waals surface area (Å²) in [6, 6.07) is 17.7. The van der Waals surface area contributed by atoms with Crippen molar-refractivity contribution in [2.45, 2.75) is 71.6 Å². The summed E-state index contributed by atoms with van der Waals surface area (Å²) in [5.41, 5.74) is 11.2. The Morgan fingerprint density at radius 2 is 1.57 bits per heavy atom. The zero-order valence-electron chi connectivity index (χ0n) is 23.8. The van der Waals surface area contributed by atoms with E-state index >= 15 is 0 Å². The zero-order chi connectivity index (χ0) is 26.4. The highest BCUT2D eigenvalue weighted by molar-refractivity contribution is 6.03. The largest absolute Gasteiger partial charge is 0.344 e. The van der Waals surface area contributed by atoms with E-state index in [-0.39, 0.29) is 10.8 Å². The Morgan fingerprint density at radius 1 is 0.865 bits per heavy atom. The molecule has 0 saturated heterocycles. The molecule has 192 valence electrons. The molecule has 0 unspecified atom stereocenters. The van der Waals surface area contributed by atoms with Crippen molar-refractivity contribution < 1.29 is 4.58 Å². The third-order valence-corrected chi connectivity index (χ3v) is 8.50. The number of rotatable bonds is 5. The van der Waals surface area contributed by atoms with Crippen LogP contribution in [0.25, 0.3) is 0 Å². The summed E-state index contributed by atoms with van der Waals surface area (Å²) in [6.45, 7) is 15.1. The molecule has 0 radical (unpaired) electrons. The topological polar surface area (TPSA) is 6.25 Å². The summed E-state index contributed by atoms with van der Waals surface area (Å²) in [6.07, 6.45) is 15.4. The van der Waals surface area contributed by atoms with Crippen LogP contribution in [-0.2, 0) is 10.8 Å². The van der Waals surface area contributed by atoms with Gasteiger partial charge in [-0.25, -0.2) is 0 Å². The lowest BCUT2D eigenvalue weighted by Crippen LogP contribution is -2.29. The van der Waals surface area contributed by atoms with E-state index in [0.29, 0.717) is 5.92 Å². The molecular weight excluding hydrogens is 448 g/mol. The van der Waals surface area contributed by atoms with Crippen LogP contribution in [0.4, 0.5) is 11.4 Å². The first-order valence-electron chi connectivity index (χ1n) is 14.0. The normalized spacial score (nSPS) is 22.4. The van der Waals surface area contributed by atoms with Crippen LogP contribution in [0.3, 0.4) is 0 Å². The molecule has 2 heterocycles. The number of hydrogen-bond donors (Lipinski definition) is 0. The van der Waals surface area contributed by atoms with Crippen molar-refractivity contribution in [3.63, 3.8) is 0 Å². The molecule has 3 aliphatic rings. The average molecular weight is 492 g/mol. The SMILES string of the molecule is CC(C)CN1C(=CC=C2C=C(C=CC3=[N+](C)c4ccccc4C3(C)C)CCC2)C(C)(C)c2ccccc21. The van der Waals surface area contributed by atoms with Gasteiger partial charge in [-0.15, -0.1) is 0 Å². The molecule has 0 N–H and O–H groups in total. The molecule has 0 bridgehead atoms. The minimum absolute atomic E-state index is 0.00788. The van der Waals surface area contributed by atoms with Gasteiger partial charge in [0.2, 0.25) is 5.69 Å². The van der Waals surface area contributed by atoms with E-state index in [0.717, 1.165) is 19.4 Å². The second-order valence-corrected chi connectivity index (χ2v) is 12.4. The first kappa shape index (κ1) is 25.5. The first-order valence-corrected chi connectivity index (χ1v) is 14.0. The maximum atomic E-state index is 2.55. The minimum Gasteiger partial charge on any atom is -0.344 e. The molecule has 0 saturated carbocycles. The van der Waals surface area contributed by atoms with E-state index in [4.69, 9.17) is 0 Å². The Labute approximate surface area is 224 Å². The van der Waals surface area contributed by atoms with Gasteiger partial charge in [0.25, 0.3) is 0 Å². The lowest BCUT2D eigenvalue weighted by Gasteiger charge is -2.28. The summed E-state index contributed by atoms with van der Waals surface area (Å²) in [5, 5.41) is 0. The average Bonchev–Trinajstić information content (AvgIpc) is 3.20. The summed E-state index contributed by atoms with van der Waals surface area (Å²) in [5.74, 6) is 0.603. The van der Waals surface area contributed by atoms with E-state index in [2.05, 4.69) is 137 Å². The number of fused-ring (bicyclic) bond motifs is 2. The molecule has 2 aromatic rings. The van der Waals surface area contributed by atoms with Crippen molar-refractivity contribution in [3.8, 4) is 0 Å². The van der Waals surface area contributed by atoms with Gasteiger partial charge in [0, 0.05) is 41.1 Å². The molecule has 2 aliphatic heterocycles. The summed E-state index contributed by atoms with van der Waals surface area (Å²) >= 11 is 0. The molecule has 0 fully saturated rings. The summed E-state index contributed by atoms with van der Waals surface area (Å²) < 4.78 is 2.36. The molecule has 0 amide bonds. The van der Waals surface area contributed by atoms with Crippen molar-refractivity contribution in [1.29, 1.82) is 0 Å². The number of benzene rings is 2. The Kier molecular flexibility index (Phi) is 6.64. The minimum atomic E-state index is 0.00788. The van der Waals surface area contributed by atoms with Crippen LogP contribution in [0.1, 0.15) is 71.9 Å². The molecule has 1 aliphatic carbocycles. The molecule has 2 heteroatoms. The second kappa shape index (κ2) is 9.63. The van der Waals surface area contributed by atoms with Crippen molar-refractivity contribution >= 4 is 17.1 Å². The predicted molar refractivity (Wildman–Crippen MR) is 159 cm³/mol. The fourth-order valence-corrected chi connectivity index (χ4v) is 6.52. The number of hydrogen-bond acceptors (Lipinski definition) is 1. The molecule has 37 heavy (non-hydrogen) atoms. The van der Waals surface area contributed by atoms with Crippen LogP contribution in [0, 0.1) is 5.92 Å². The van der Waals surface area contributed by atoms with E-state index in [1.807, 2.05) is 0 Å². The molecule has 0 spiro atoms. The van der Waals surface area contributed by atoms with Gasteiger partial charge in [-0.1, -0.05) is 82.3 Å². The van der Waals surface area contributed by atoms with Crippen molar-refractivity contribution in [3.05, 3.63) is 107 Å². The lowest BCUT2D eigenvalue weighted by atomic mass is 9.81. The van der Waals surface area contributed by atoms with Gasteiger partial charge in [-0.3, -0.25) is 0 Å². The third-order valence-electron chi connectivity index (χ3n) is 8.50. The van der Waals surface area contributed by atoms with Crippen LogP contribution in [-0.4, -0.2) is 23.9 Å². The highest BCUT2D eigenvalue weighted by atomic mass is 15.2. The Hall–Kier alpha value is -3.13. The van der Waals surface area contributed by atoms with Gasteiger partial charge in [0.1, 0.15) is 7.05 Å².